The van der Waals surface area contributed by atoms with Gasteiger partial charge in [0, 0.05) is 26.2 Å². The van der Waals surface area contributed by atoms with E-state index in [1.807, 2.05) is 25.1 Å². The molecule has 1 aromatic carbocycles. The molecule has 1 fully saturated rings. The van der Waals surface area contributed by atoms with E-state index in [1.54, 1.807) is 23.8 Å². The molecule has 23 heavy (non-hydrogen) atoms. The van der Waals surface area contributed by atoms with Gasteiger partial charge in [-0.15, -0.1) is 0 Å². The summed E-state index contributed by atoms with van der Waals surface area (Å²) in [7, 11) is 1.56. The maximum Gasteiger partial charge on any atom is 0.409 e. The number of ether oxygens (including phenoxy) is 2. The molecule has 2 rings (SSSR count). The van der Waals surface area contributed by atoms with E-state index in [1.165, 1.54) is 0 Å². The minimum Gasteiger partial charge on any atom is -0.496 e. The van der Waals surface area contributed by atoms with Crippen molar-refractivity contribution in [3.8, 4) is 5.75 Å². The van der Waals surface area contributed by atoms with E-state index in [0.717, 1.165) is 12.0 Å². The molecule has 0 N–H and O–H groups in total. The number of carbonyl (C=O) groups excluding carboxylic acids is 2. The van der Waals surface area contributed by atoms with Gasteiger partial charge in [-0.2, -0.15) is 0 Å². The minimum absolute atomic E-state index is 0.0590. The van der Waals surface area contributed by atoms with Crippen LogP contribution in [0, 0.1) is 6.92 Å². The number of hydrogen-bond donors (Lipinski definition) is 0. The summed E-state index contributed by atoms with van der Waals surface area (Å²) in [5.41, 5.74) is 1.58. The highest BCUT2D eigenvalue weighted by Gasteiger charge is 2.25. The zero-order valence-electron chi connectivity index (χ0n) is 14.0. The van der Waals surface area contributed by atoms with Crippen molar-refractivity contribution in [3.05, 3.63) is 29.3 Å². The molecule has 0 saturated carbocycles. The van der Waals surface area contributed by atoms with Gasteiger partial charge in [-0.05, 0) is 32.4 Å². The smallest absolute Gasteiger partial charge is 0.409 e. The maximum atomic E-state index is 12.8. The second kappa shape index (κ2) is 7.85. The SMILES string of the molecule is CCOC(=O)N1CCCN(C(=O)c2cc(C)ccc2OC)CC1. The van der Waals surface area contributed by atoms with Crippen LogP contribution in [0.3, 0.4) is 0 Å². The Morgan fingerprint density at radius 1 is 1.13 bits per heavy atom. The number of aryl methyl sites for hydroxylation is 1. The lowest BCUT2D eigenvalue weighted by molar-refractivity contribution is 0.0750. The Morgan fingerprint density at radius 3 is 2.52 bits per heavy atom. The Balaban J connectivity index is 2.09. The molecule has 2 amide bonds. The second-order valence-electron chi connectivity index (χ2n) is 5.54. The molecule has 1 heterocycles. The summed E-state index contributed by atoms with van der Waals surface area (Å²) < 4.78 is 10.3. The molecule has 0 bridgehead atoms. The molecule has 0 spiro atoms. The molecule has 126 valence electrons. The largest absolute Gasteiger partial charge is 0.496 e. The van der Waals surface area contributed by atoms with Crippen molar-refractivity contribution < 1.29 is 19.1 Å². The maximum absolute atomic E-state index is 12.8. The van der Waals surface area contributed by atoms with Crippen molar-refractivity contribution in [2.24, 2.45) is 0 Å². The van der Waals surface area contributed by atoms with Gasteiger partial charge in [0.05, 0.1) is 19.3 Å². The number of carbonyl (C=O) groups is 2. The third kappa shape index (κ3) is 4.15. The molecule has 0 radical (unpaired) electrons. The van der Waals surface area contributed by atoms with E-state index in [4.69, 9.17) is 9.47 Å². The summed E-state index contributed by atoms with van der Waals surface area (Å²) in [4.78, 5) is 28.1. The van der Waals surface area contributed by atoms with Gasteiger partial charge >= 0.3 is 6.09 Å². The van der Waals surface area contributed by atoms with E-state index >= 15 is 0 Å². The van der Waals surface area contributed by atoms with Gasteiger partial charge in [0.2, 0.25) is 0 Å². The standard InChI is InChI=1S/C17H24N2O4/c1-4-23-17(21)19-9-5-8-18(10-11-19)16(20)14-12-13(2)6-7-15(14)22-3/h6-7,12H,4-5,8-11H2,1-3H3. The third-order valence-corrected chi connectivity index (χ3v) is 3.89. The molecular weight excluding hydrogens is 296 g/mol. The summed E-state index contributed by atoms with van der Waals surface area (Å²) >= 11 is 0. The lowest BCUT2D eigenvalue weighted by Crippen LogP contribution is -2.37. The van der Waals surface area contributed by atoms with Gasteiger partial charge in [-0.1, -0.05) is 11.6 Å². The summed E-state index contributed by atoms with van der Waals surface area (Å²) in [5.74, 6) is 0.517. The summed E-state index contributed by atoms with van der Waals surface area (Å²) in [5, 5.41) is 0. The first kappa shape index (κ1) is 17.1. The molecule has 0 aliphatic carbocycles. The molecule has 0 atom stereocenters. The lowest BCUT2D eigenvalue weighted by atomic mass is 10.1. The fourth-order valence-electron chi connectivity index (χ4n) is 2.68. The number of nitrogens with zero attached hydrogens (tertiary/aromatic N) is 2. The zero-order chi connectivity index (χ0) is 16.8. The average molecular weight is 320 g/mol. The first-order valence-electron chi connectivity index (χ1n) is 7.92. The molecule has 1 aromatic rings. The van der Waals surface area contributed by atoms with Crippen molar-refractivity contribution in [2.75, 3.05) is 39.9 Å². The third-order valence-electron chi connectivity index (χ3n) is 3.89. The summed E-state index contributed by atoms with van der Waals surface area (Å²) in [6.45, 7) is 6.29. The van der Waals surface area contributed by atoms with Crippen molar-refractivity contribution in [2.45, 2.75) is 20.3 Å². The van der Waals surface area contributed by atoms with Gasteiger partial charge in [-0.3, -0.25) is 4.79 Å². The summed E-state index contributed by atoms with van der Waals surface area (Å²) in [6, 6.07) is 5.57. The monoisotopic (exact) mass is 320 g/mol. The van der Waals surface area contributed by atoms with Gasteiger partial charge in [-0.25, -0.2) is 4.79 Å². The lowest BCUT2D eigenvalue weighted by Gasteiger charge is -2.22. The fourth-order valence-corrected chi connectivity index (χ4v) is 2.68. The van der Waals surface area contributed by atoms with Crippen LogP contribution >= 0.6 is 0 Å². The highest BCUT2D eigenvalue weighted by molar-refractivity contribution is 5.97. The molecule has 6 heteroatoms. The van der Waals surface area contributed by atoms with Crippen LogP contribution < -0.4 is 4.74 Å². The molecule has 1 saturated heterocycles. The number of amides is 2. The van der Waals surface area contributed by atoms with Crippen LogP contribution in [-0.2, 0) is 4.74 Å². The number of hydrogen-bond acceptors (Lipinski definition) is 4. The van der Waals surface area contributed by atoms with E-state index in [9.17, 15) is 9.59 Å². The molecule has 0 unspecified atom stereocenters. The number of rotatable bonds is 3. The Labute approximate surface area is 137 Å². The van der Waals surface area contributed by atoms with Crippen molar-refractivity contribution >= 4 is 12.0 Å². The van der Waals surface area contributed by atoms with Crippen LogP contribution in [0.2, 0.25) is 0 Å². The molecule has 6 nitrogen and oxygen atoms in total. The quantitative estimate of drug-likeness (QED) is 0.857. The fraction of sp³-hybridized carbons (Fsp3) is 0.529. The topological polar surface area (TPSA) is 59.1 Å². The van der Waals surface area contributed by atoms with E-state index < -0.39 is 0 Å². The van der Waals surface area contributed by atoms with E-state index in [-0.39, 0.29) is 12.0 Å². The average Bonchev–Trinajstić information content (AvgIpc) is 2.80. The van der Waals surface area contributed by atoms with Crippen molar-refractivity contribution in [1.29, 1.82) is 0 Å². The Bertz CT molecular complexity index is 574. The van der Waals surface area contributed by atoms with Gasteiger partial charge in [0.15, 0.2) is 0 Å². The zero-order valence-corrected chi connectivity index (χ0v) is 14.0. The Morgan fingerprint density at radius 2 is 1.83 bits per heavy atom. The Kier molecular flexibility index (Phi) is 5.84. The van der Waals surface area contributed by atoms with Crippen molar-refractivity contribution in [1.82, 2.24) is 9.80 Å². The second-order valence-corrected chi connectivity index (χ2v) is 5.54. The Hall–Kier alpha value is -2.24. The molecular formula is C17H24N2O4. The minimum atomic E-state index is -0.310. The van der Waals surface area contributed by atoms with Crippen molar-refractivity contribution in [3.63, 3.8) is 0 Å². The number of benzene rings is 1. The summed E-state index contributed by atoms with van der Waals surface area (Å²) in [6.07, 6.45) is 0.425. The van der Waals surface area contributed by atoms with Crippen LogP contribution in [-0.4, -0.2) is 61.7 Å². The first-order chi connectivity index (χ1) is 11.1. The van der Waals surface area contributed by atoms with Crippen LogP contribution in [0.1, 0.15) is 29.3 Å². The van der Waals surface area contributed by atoms with Crippen LogP contribution in [0.15, 0.2) is 18.2 Å². The highest BCUT2D eigenvalue weighted by Crippen LogP contribution is 2.22. The molecule has 1 aliphatic rings. The predicted molar refractivity (Wildman–Crippen MR) is 86.8 cm³/mol. The first-order valence-corrected chi connectivity index (χ1v) is 7.92. The van der Waals surface area contributed by atoms with Gasteiger partial charge in [0.25, 0.3) is 5.91 Å². The molecule has 1 aliphatic heterocycles. The van der Waals surface area contributed by atoms with Crippen LogP contribution in [0.4, 0.5) is 4.79 Å². The van der Waals surface area contributed by atoms with Crippen LogP contribution in [0.25, 0.3) is 0 Å². The highest BCUT2D eigenvalue weighted by atomic mass is 16.6. The predicted octanol–water partition coefficient (Wildman–Crippen LogP) is 2.31. The van der Waals surface area contributed by atoms with E-state index in [0.29, 0.717) is 44.1 Å². The van der Waals surface area contributed by atoms with Crippen LogP contribution in [0.5, 0.6) is 5.75 Å². The van der Waals surface area contributed by atoms with Gasteiger partial charge < -0.3 is 19.3 Å². The normalized spacial score (nSPS) is 15.1. The molecule has 0 aromatic heterocycles. The van der Waals surface area contributed by atoms with E-state index in [2.05, 4.69) is 0 Å². The van der Waals surface area contributed by atoms with Gasteiger partial charge in [0.1, 0.15) is 5.75 Å². The number of methoxy groups -OCH3 is 1.